The monoisotopic (exact) mass is 1150 g/mol. The van der Waals surface area contributed by atoms with Crippen LogP contribution in [0.2, 0.25) is 0 Å². The Bertz CT molecular complexity index is 2740. The fourth-order valence-electron chi connectivity index (χ4n) is 13.6. The van der Waals surface area contributed by atoms with E-state index in [-0.39, 0.29) is 10.9 Å². The summed E-state index contributed by atoms with van der Waals surface area (Å²) in [6, 6.07) is 26.6. The van der Waals surface area contributed by atoms with Crippen molar-refractivity contribution in [1.82, 2.24) is 0 Å². The first-order valence-electron chi connectivity index (χ1n) is 34.9. The Kier molecular flexibility index (Phi) is 32.9. The van der Waals surface area contributed by atoms with Crippen molar-refractivity contribution in [3.05, 3.63) is 125 Å². The molecule has 2 unspecified atom stereocenters. The molecule has 2 heterocycles. The SMILES string of the molecule is CCCCCCCCCCCCC(CCCCCCCCCC)Cc1c(-c2ccc(-c3ccc(-c4ccc(C)s4)s3)cc2)c(=O)c2c(CC(CCCCCCCCCC)CCCCCCCCCCCC)c(-c3ccc(C)cc3)c(=O)c1=2. The molecule has 2 aromatic carbocycles. The van der Waals surface area contributed by atoms with E-state index in [1.807, 2.05) is 22.7 Å². The van der Waals surface area contributed by atoms with Gasteiger partial charge in [0.1, 0.15) is 0 Å². The standard InChI is InChI=1S/C78H116O2S2/c1-7-11-15-19-23-27-29-33-37-41-45-63(43-39-35-31-25-21-17-13-9-3)59-68-73(66-50-47-61(5)48-51-66)77(79)76-69(60-64(44-40-36-32-26-22-18-14-10-4)46-42-38-34-30-28-24-20-16-12-8-2)74(78(80)75(68)76)67-54-52-65(53-55-67)70-57-58-72(82-70)71-56-49-62(6)81-71/h47-58,63-64H,7-46,59-60H2,1-6H3. The van der Waals surface area contributed by atoms with Gasteiger partial charge in [0.15, 0.2) is 10.9 Å². The molecular weight excluding hydrogens is 1030 g/mol. The Balaban J connectivity index is 1.38. The fraction of sp³-hybridized carbons (Fsp3) is 0.641. The van der Waals surface area contributed by atoms with Gasteiger partial charge in [0.25, 0.3) is 0 Å². The number of thiophene rings is 2. The average molecular weight is 1150 g/mol. The zero-order valence-corrected chi connectivity index (χ0v) is 55.0. The third-order valence-corrected chi connectivity index (χ3v) is 20.9. The van der Waals surface area contributed by atoms with Gasteiger partial charge < -0.3 is 0 Å². The van der Waals surface area contributed by atoms with Gasteiger partial charge in [-0.25, -0.2) is 0 Å². The summed E-state index contributed by atoms with van der Waals surface area (Å²) < 4.78 is 0. The molecule has 0 saturated heterocycles. The molecule has 4 heteroatoms. The number of hydrogen-bond donors (Lipinski definition) is 0. The molecule has 2 nitrogen and oxygen atoms in total. The van der Waals surface area contributed by atoms with Gasteiger partial charge in [-0.15, -0.1) is 22.7 Å². The van der Waals surface area contributed by atoms with Crippen molar-refractivity contribution >= 4 is 22.7 Å². The minimum Gasteiger partial charge on any atom is -0.289 e. The summed E-state index contributed by atoms with van der Waals surface area (Å²) in [6.07, 6.45) is 54.1. The third kappa shape index (κ3) is 22.7. The lowest BCUT2D eigenvalue weighted by Gasteiger charge is -2.19. The molecule has 2 aliphatic rings. The summed E-state index contributed by atoms with van der Waals surface area (Å²) in [4.78, 5) is 37.2. The first-order valence-corrected chi connectivity index (χ1v) is 36.6. The van der Waals surface area contributed by atoms with Gasteiger partial charge in [-0.3, -0.25) is 9.59 Å². The van der Waals surface area contributed by atoms with Crippen molar-refractivity contribution in [2.24, 2.45) is 11.8 Å². The molecule has 452 valence electrons. The van der Waals surface area contributed by atoms with Crippen LogP contribution in [-0.2, 0) is 12.8 Å². The average Bonchev–Trinajstić information content (AvgIpc) is 2.10. The first-order chi connectivity index (χ1) is 40.3. The van der Waals surface area contributed by atoms with Crippen LogP contribution in [0.15, 0.2) is 82.4 Å². The van der Waals surface area contributed by atoms with E-state index in [0.717, 1.165) is 56.7 Å². The van der Waals surface area contributed by atoms with Crippen LogP contribution >= 0.6 is 22.7 Å². The van der Waals surface area contributed by atoms with Crippen molar-refractivity contribution in [2.75, 3.05) is 0 Å². The molecule has 0 spiro atoms. The largest absolute Gasteiger partial charge is 0.289 e. The summed E-state index contributed by atoms with van der Waals surface area (Å²) >= 11 is 3.70. The second kappa shape index (κ2) is 39.9. The Morgan fingerprint density at radius 1 is 0.305 bits per heavy atom. The number of rotatable bonds is 48. The first kappa shape index (κ1) is 67.5. The van der Waals surface area contributed by atoms with Crippen LogP contribution in [0.4, 0.5) is 0 Å². The smallest absolute Gasteiger partial charge is 0.194 e. The van der Waals surface area contributed by atoms with Gasteiger partial charge in [-0.2, -0.15) is 0 Å². The predicted octanol–water partition coefficient (Wildman–Crippen LogP) is 25.4. The Hall–Kier alpha value is -3.60. The molecule has 2 atom stereocenters. The molecule has 0 bridgehead atoms. The highest BCUT2D eigenvalue weighted by Gasteiger charge is 2.29. The summed E-state index contributed by atoms with van der Waals surface area (Å²) in [5, 5.41) is 1.55. The van der Waals surface area contributed by atoms with E-state index in [1.54, 1.807) is 0 Å². The molecule has 6 rings (SSSR count). The van der Waals surface area contributed by atoms with Gasteiger partial charge in [0, 0.05) is 41.1 Å². The molecule has 4 aromatic rings. The van der Waals surface area contributed by atoms with E-state index in [9.17, 15) is 0 Å². The van der Waals surface area contributed by atoms with Crippen LogP contribution in [0.1, 0.15) is 306 Å². The Morgan fingerprint density at radius 2 is 0.585 bits per heavy atom. The van der Waals surface area contributed by atoms with E-state index in [0.29, 0.717) is 11.8 Å². The molecule has 0 amide bonds. The number of benzene rings is 2. The van der Waals surface area contributed by atoms with Crippen LogP contribution in [-0.4, -0.2) is 0 Å². The zero-order chi connectivity index (χ0) is 58.0. The van der Waals surface area contributed by atoms with Gasteiger partial charge in [-0.1, -0.05) is 339 Å². The Morgan fingerprint density at radius 3 is 0.915 bits per heavy atom. The van der Waals surface area contributed by atoms with E-state index < -0.39 is 0 Å². The molecular formula is C78H116O2S2. The van der Waals surface area contributed by atoms with Gasteiger partial charge in [0.05, 0.1) is 0 Å². The number of hydrogen-bond acceptors (Lipinski definition) is 4. The maximum Gasteiger partial charge on any atom is 0.194 e. The van der Waals surface area contributed by atoms with Gasteiger partial charge >= 0.3 is 0 Å². The molecule has 82 heavy (non-hydrogen) atoms. The van der Waals surface area contributed by atoms with Crippen molar-refractivity contribution in [1.29, 1.82) is 0 Å². The minimum absolute atomic E-state index is 0.115. The maximum absolute atomic E-state index is 16.1. The summed E-state index contributed by atoms with van der Waals surface area (Å²) in [5.41, 5.74) is 8.39. The second-order valence-corrected chi connectivity index (χ2v) is 28.1. The lowest BCUT2D eigenvalue weighted by Crippen LogP contribution is -2.13. The molecule has 0 fully saturated rings. The van der Waals surface area contributed by atoms with Crippen LogP contribution in [0.3, 0.4) is 0 Å². The number of aryl methyl sites for hydroxylation is 2. The van der Waals surface area contributed by atoms with Crippen LogP contribution in [0.5, 0.6) is 0 Å². The summed E-state index contributed by atoms with van der Waals surface area (Å²) in [7, 11) is 0. The van der Waals surface area contributed by atoms with Crippen LogP contribution in [0.25, 0.3) is 42.4 Å². The second-order valence-electron chi connectivity index (χ2n) is 25.7. The molecule has 2 aliphatic carbocycles. The fourth-order valence-corrected chi connectivity index (χ4v) is 15.5. The molecule has 0 aliphatic heterocycles. The lowest BCUT2D eigenvalue weighted by atomic mass is 9.86. The van der Waals surface area contributed by atoms with Crippen molar-refractivity contribution in [2.45, 2.75) is 311 Å². The predicted molar refractivity (Wildman–Crippen MR) is 365 cm³/mol. The van der Waals surface area contributed by atoms with E-state index in [2.05, 4.69) is 114 Å². The molecule has 0 radical (unpaired) electrons. The lowest BCUT2D eigenvalue weighted by molar-refractivity contribution is 0.399. The van der Waals surface area contributed by atoms with E-state index in [4.69, 9.17) is 0 Å². The molecule has 0 saturated carbocycles. The summed E-state index contributed by atoms with van der Waals surface area (Å²) in [6.45, 7) is 13.6. The minimum atomic E-state index is 0.115. The van der Waals surface area contributed by atoms with E-state index >= 15 is 9.59 Å². The van der Waals surface area contributed by atoms with E-state index in [1.165, 1.54) is 287 Å². The highest BCUT2D eigenvalue weighted by atomic mass is 32.1. The maximum atomic E-state index is 16.1. The zero-order valence-electron chi connectivity index (χ0n) is 53.4. The van der Waals surface area contributed by atoms with Crippen LogP contribution < -0.4 is 10.9 Å². The van der Waals surface area contributed by atoms with Gasteiger partial charge in [-0.05, 0) is 90.6 Å². The Labute approximate surface area is 510 Å². The highest BCUT2D eigenvalue weighted by molar-refractivity contribution is 7.23. The molecule has 2 aromatic heterocycles. The normalized spacial score (nSPS) is 12.6. The summed E-state index contributed by atoms with van der Waals surface area (Å²) in [5.74, 6) is 0.887. The third-order valence-electron chi connectivity index (χ3n) is 18.6. The van der Waals surface area contributed by atoms with Gasteiger partial charge in [0.2, 0.25) is 0 Å². The topological polar surface area (TPSA) is 34.1 Å². The van der Waals surface area contributed by atoms with Crippen molar-refractivity contribution in [3.8, 4) is 42.4 Å². The quantitative estimate of drug-likeness (QED) is 0.0357. The molecule has 0 N–H and O–H groups in total. The van der Waals surface area contributed by atoms with Crippen LogP contribution in [0, 0.1) is 36.1 Å². The van der Waals surface area contributed by atoms with Crippen molar-refractivity contribution in [3.63, 3.8) is 0 Å². The highest BCUT2D eigenvalue weighted by Crippen LogP contribution is 2.40. The number of unbranched alkanes of at least 4 members (excludes halogenated alkanes) is 32. The van der Waals surface area contributed by atoms with Crippen molar-refractivity contribution < 1.29 is 0 Å².